The van der Waals surface area contributed by atoms with Crippen LogP contribution < -0.4 is 11.1 Å². The van der Waals surface area contributed by atoms with Crippen LogP contribution in [0, 0.1) is 6.92 Å². The van der Waals surface area contributed by atoms with Gasteiger partial charge in [0.15, 0.2) is 0 Å². The summed E-state index contributed by atoms with van der Waals surface area (Å²) in [6.45, 7) is 3.58. The largest absolute Gasteiger partial charge is 0.368 e. The maximum atomic E-state index is 11.8. The fraction of sp³-hybridized carbons (Fsp3) is 0.267. The SMILES string of the molecule is Cc1cccc(-c2nc(CC(=O)NC(C)C(N)=O)cs2)c1. The lowest BCUT2D eigenvalue weighted by Gasteiger charge is -2.08. The Morgan fingerprint density at radius 2 is 2.19 bits per heavy atom. The van der Waals surface area contributed by atoms with Gasteiger partial charge in [-0.25, -0.2) is 4.98 Å². The number of carbonyl (C=O) groups is 2. The van der Waals surface area contributed by atoms with E-state index in [0.29, 0.717) is 5.69 Å². The van der Waals surface area contributed by atoms with Gasteiger partial charge in [-0.2, -0.15) is 0 Å². The van der Waals surface area contributed by atoms with Crippen molar-refractivity contribution in [2.45, 2.75) is 26.3 Å². The quantitative estimate of drug-likeness (QED) is 0.880. The Balaban J connectivity index is 2.03. The van der Waals surface area contributed by atoms with Gasteiger partial charge < -0.3 is 11.1 Å². The minimum atomic E-state index is -0.674. The van der Waals surface area contributed by atoms with Gasteiger partial charge >= 0.3 is 0 Å². The van der Waals surface area contributed by atoms with Crippen molar-refractivity contribution in [1.82, 2.24) is 10.3 Å². The number of hydrogen-bond donors (Lipinski definition) is 2. The summed E-state index contributed by atoms with van der Waals surface area (Å²) in [6, 6.07) is 7.37. The maximum Gasteiger partial charge on any atom is 0.239 e. The van der Waals surface area contributed by atoms with Crippen LogP contribution in [0.4, 0.5) is 0 Å². The second kappa shape index (κ2) is 6.49. The van der Waals surface area contributed by atoms with Crippen LogP contribution in [0.5, 0.6) is 0 Å². The first-order chi connectivity index (χ1) is 9.95. The Morgan fingerprint density at radius 1 is 1.43 bits per heavy atom. The lowest BCUT2D eigenvalue weighted by atomic mass is 10.1. The molecule has 110 valence electrons. The maximum absolute atomic E-state index is 11.8. The van der Waals surface area contributed by atoms with Gasteiger partial charge in [-0.3, -0.25) is 9.59 Å². The third kappa shape index (κ3) is 4.13. The van der Waals surface area contributed by atoms with Crippen molar-refractivity contribution in [3.63, 3.8) is 0 Å². The normalized spacial score (nSPS) is 11.9. The predicted octanol–water partition coefficient (Wildman–Crippen LogP) is 1.65. The van der Waals surface area contributed by atoms with Crippen molar-refractivity contribution < 1.29 is 9.59 Å². The molecule has 0 aliphatic heterocycles. The highest BCUT2D eigenvalue weighted by Gasteiger charge is 2.14. The van der Waals surface area contributed by atoms with Gasteiger partial charge in [-0.15, -0.1) is 11.3 Å². The van der Waals surface area contributed by atoms with Crippen molar-refractivity contribution in [3.05, 3.63) is 40.9 Å². The number of carbonyl (C=O) groups excluding carboxylic acids is 2. The minimum Gasteiger partial charge on any atom is -0.368 e. The molecule has 21 heavy (non-hydrogen) atoms. The second-order valence-corrected chi connectivity index (χ2v) is 5.74. The highest BCUT2D eigenvalue weighted by atomic mass is 32.1. The van der Waals surface area contributed by atoms with Crippen LogP contribution in [0.15, 0.2) is 29.6 Å². The van der Waals surface area contributed by atoms with E-state index in [2.05, 4.69) is 16.4 Å². The molecule has 2 rings (SSSR count). The van der Waals surface area contributed by atoms with E-state index in [9.17, 15) is 9.59 Å². The molecule has 0 aliphatic carbocycles. The predicted molar refractivity (Wildman–Crippen MR) is 82.8 cm³/mol. The summed E-state index contributed by atoms with van der Waals surface area (Å²) in [5.41, 5.74) is 7.99. The number of primary amides is 1. The highest BCUT2D eigenvalue weighted by molar-refractivity contribution is 7.13. The van der Waals surface area contributed by atoms with E-state index in [1.54, 1.807) is 6.92 Å². The van der Waals surface area contributed by atoms with Crippen LogP contribution in [0.1, 0.15) is 18.2 Å². The topological polar surface area (TPSA) is 85.1 Å². The van der Waals surface area contributed by atoms with Crippen LogP contribution >= 0.6 is 11.3 Å². The van der Waals surface area contributed by atoms with Crippen molar-refractivity contribution in [3.8, 4) is 10.6 Å². The molecule has 0 aliphatic rings. The fourth-order valence-corrected chi connectivity index (χ4v) is 2.64. The summed E-state index contributed by atoms with van der Waals surface area (Å²) in [5, 5.41) is 5.27. The number of nitrogens with zero attached hydrogens (tertiary/aromatic N) is 1. The fourth-order valence-electron chi connectivity index (χ4n) is 1.83. The van der Waals surface area contributed by atoms with E-state index in [1.165, 1.54) is 11.3 Å². The molecular formula is C15H17N3O2S. The van der Waals surface area contributed by atoms with E-state index < -0.39 is 11.9 Å². The molecule has 1 unspecified atom stereocenters. The van der Waals surface area contributed by atoms with Gasteiger partial charge in [0.1, 0.15) is 11.0 Å². The van der Waals surface area contributed by atoms with E-state index in [-0.39, 0.29) is 12.3 Å². The van der Waals surface area contributed by atoms with E-state index in [0.717, 1.165) is 16.1 Å². The molecule has 5 nitrogen and oxygen atoms in total. The van der Waals surface area contributed by atoms with Crippen LogP contribution in [0.25, 0.3) is 10.6 Å². The number of aromatic nitrogens is 1. The van der Waals surface area contributed by atoms with Gasteiger partial charge in [-0.05, 0) is 19.9 Å². The Kier molecular flexibility index (Phi) is 4.70. The molecule has 0 bridgehead atoms. The van der Waals surface area contributed by atoms with Gasteiger partial charge in [0, 0.05) is 10.9 Å². The summed E-state index contributed by atoms with van der Waals surface area (Å²) in [6.07, 6.45) is 0.139. The van der Waals surface area contributed by atoms with Gasteiger partial charge in [0.2, 0.25) is 11.8 Å². The van der Waals surface area contributed by atoms with E-state index >= 15 is 0 Å². The van der Waals surface area contributed by atoms with Gasteiger partial charge in [0.05, 0.1) is 12.1 Å². The molecule has 0 saturated carbocycles. The first-order valence-corrected chi connectivity index (χ1v) is 7.44. The number of rotatable bonds is 5. The molecule has 3 N–H and O–H groups in total. The second-order valence-electron chi connectivity index (χ2n) is 4.88. The zero-order valence-electron chi connectivity index (χ0n) is 11.9. The summed E-state index contributed by atoms with van der Waals surface area (Å²) in [5.74, 6) is -0.815. The molecular weight excluding hydrogens is 286 g/mol. The lowest BCUT2D eigenvalue weighted by Crippen LogP contribution is -2.42. The summed E-state index contributed by atoms with van der Waals surface area (Å²) in [7, 11) is 0. The Bertz CT molecular complexity index is 666. The first-order valence-electron chi connectivity index (χ1n) is 6.56. The third-order valence-electron chi connectivity index (χ3n) is 2.96. The smallest absolute Gasteiger partial charge is 0.239 e. The summed E-state index contributed by atoms with van der Waals surface area (Å²) < 4.78 is 0. The summed E-state index contributed by atoms with van der Waals surface area (Å²) in [4.78, 5) is 27.1. The van der Waals surface area contributed by atoms with E-state index in [4.69, 9.17) is 5.73 Å². The van der Waals surface area contributed by atoms with Crippen LogP contribution in [-0.4, -0.2) is 22.8 Å². The van der Waals surface area contributed by atoms with Gasteiger partial charge in [0.25, 0.3) is 0 Å². The highest BCUT2D eigenvalue weighted by Crippen LogP contribution is 2.24. The standard InChI is InChI=1S/C15H17N3O2S/c1-9-4-3-5-11(6-9)15-18-12(8-21-15)7-13(19)17-10(2)14(16)20/h3-6,8,10H,7H2,1-2H3,(H2,16,20)(H,17,19). The lowest BCUT2D eigenvalue weighted by molar-refractivity contribution is -0.126. The molecule has 0 radical (unpaired) electrons. The average Bonchev–Trinajstić information content (AvgIpc) is 2.86. The minimum absolute atomic E-state index is 0.139. The van der Waals surface area contributed by atoms with Crippen LogP contribution in [0.3, 0.4) is 0 Å². The van der Waals surface area contributed by atoms with Crippen molar-refractivity contribution >= 4 is 23.2 Å². The number of benzene rings is 1. The van der Waals surface area contributed by atoms with Crippen molar-refractivity contribution in [2.75, 3.05) is 0 Å². The zero-order valence-corrected chi connectivity index (χ0v) is 12.7. The number of nitrogens with two attached hydrogens (primary N) is 1. The average molecular weight is 303 g/mol. The Hall–Kier alpha value is -2.21. The molecule has 1 heterocycles. The van der Waals surface area contributed by atoms with E-state index in [1.807, 2.05) is 30.5 Å². The molecule has 1 atom stereocenters. The molecule has 0 spiro atoms. The zero-order chi connectivity index (χ0) is 15.4. The number of nitrogens with one attached hydrogen (secondary N) is 1. The summed E-state index contributed by atoms with van der Waals surface area (Å²) >= 11 is 1.50. The molecule has 6 heteroatoms. The number of aryl methyl sites for hydroxylation is 1. The number of amides is 2. The molecule has 0 saturated heterocycles. The Morgan fingerprint density at radius 3 is 2.86 bits per heavy atom. The molecule has 1 aromatic carbocycles. The molecule has 2 aromatic rings. The van der Waals surface area contributed by atoms with Crippen molar-refractivity contribution in [2.24, 2.45) is 5.73 Å². The van der Waals surface area contributed by atoms with Crippen LogP contribution in [-0.2, 0) is 16.0 Å². The molecule has 1 aromatic heterocycles. The Labute approximate surface area is 127 Å². The number of thiazole rings is 1. The van der Waals surface area contributed by atoms with Crippen molar-refractivity contribution in [1.29, 1.82) is 0 Å². The monoisotopic (exact) mass is 303 g/mol. The number of hydrogen-bond acceptors (Lipinski definition) is 4. The van der Waals surface area contributed by atoms with Gasteiger partial charge in [-0.1, -0.05) is 23.8 Å². The third-order valence-corrected chi connectivity index (χ3v) is 3.90. The first kappa shape index (κ1) is 15.2. The van der Waals surface area contributed by atoms with Crippen LogP contribution in [0.2, 0.25) is 0 Å². The molecule has 2 amide bonds. The molecule has 0 fully saturated rings.